The quantitative estimate of drug-likeness (QED) is 0.551. The molecule has 0 aromatic rings. The fourth-order valence-electron chi connectivity index (χ4n) is 1.96. The number of β-amino-alcohol motifs (C(OH)–C–C–N with tert-alkyl or cyclic N) is 1. The van der Waals surface area contributed by atoms with Gasteiger partial charge in [0.05, 0.1) is 6.10 Å². The summed E-state index contributed by atoms with van der Waals surface area (Å²) < 4.78 is 0. The van der Waals surface area contributed by atoms with Gasteiger partial charge in [-0.1, -0.05) is 0 Å². The number of hydrogen-bond donors (Lipinski definition) is 3. The van der Waals surface area contributed by atoms with Crippen LogP contribution in [0.15, 0.2) is 0 Å². The minimum Gasteiger partial charge on any atom is -0.390 e. The zero-order chi connectivity index (χ0) is 11.4. The fraction of sp³-hybridized carbons (Fsp3) is 0.909. The number of aliphatic hydroxyl groups excluding tert-OH is 1. The predicted octanol–water partition coefficient (Wildman–Crippen LogP) is -1.22. The molecule has 1 aliphatic carbocycles. The number of carbonyl (C=O) groups excluding carboxylic acids is 1. The van der Waals surface area contributed by atoms with Crippen LogP contribution >= 0.6 is 0 Å². The maximum atomic E-state index is 11.4. The van der Waals surface area contributed by atoms with E-state index in [4.69, 9.17) is 0 Å². The molecule has 1 amide bonds. The van der Waals surface area contributed by atoms with Crippen molar-refractivity contribution < 1.29 is 9.90 Å². The van der Waals surface area contributed by atoms with Gasteiger partial charge in [-0.25, -0.2) is 0 Å². The van der Waals surface area contributed by atoms with Gasteiger partial charge in [0, 0.05) is 45.2 Å². The van der Waals surface area contributed by atoms with E-state index in [0.717, 1.165) is 39.0 Å². The van der Waals surface area contributed by atoms with E-state index in [0.29, 0.717) is 13.1 Å². The van der Waals surface area contributed by atoms with Crippen LogP contribution in [0, 0.1) is 5.92 Å². The first-order chi connectivity index (χ1) is 7.75. The molecule has 5 heteroatoms. The number of amides is 1. The van der Waals surface area contributed by atoms with Crippen molar-refractivity contribution in [2.45, 2.75) is 18.9 Å². The van der Waals surface area contributed by atoms with Crippen molar-refractivity contribution in [2.75, 3.05) is 39.3 Å². The Kier molecular flexibility index (Phi) is 4.15. The van der Waals surface area contributed by atoms with E-state index in [1.165, 1.54) is 0 Å². The molecule has 2 rings (SSSR count). The number of aliphatic hydroxyl groups is 1. The molecule has 1 aliphatic heterocycles. The Morgan fingerprint density at radius 2 is 2.12 bits per heavy atom. The van der Waals surface area contributed by atoms with Gasteiger partial charge >= 0.3 is 0 Å². The van der Waals surface area contributed by atoms with E-state index in [1.807, 2.05) is 0 Å². The Labute approximate surface area is 96.2 Å². The molecular formula is C11H21N3O2. The van der Waals surface area contributed by atoms with E-state index in [1.54, 1.807) is 0 Å². The smallest absolute Gasteiger partial charge is 0.223 e. The Balaban J connectivity index is 1.59. The Hall–Kier alpha value is -0.650. The Morgan fingerprint density at radius 1 is 1.44 bits per heavy atom. The van der Waals surface area contributed by atoms with Crippen molar-refractivity contribution in [2.24, 2.45) is 5.92 Å². The fourth-order valence-corrected chi connectivity index (χ4v) is 1.96. The molecular weight excluding hydrogens is 206 g/mol. The molecule has 1 saturated heterocycles. The molecule has 3 N–H and O–H groups in total. The second kappa shape index (κ2) is 5.61. The molecule has 0 aromatic carbocycles. The number of nitrogens with one attached hydrogen (secondary N) is 2. The van der Waals surface area contributed by atoms with Gasteiger partial charge in [0.25, 0.3) is 0 Å². The summed E-state index contributed by atoms with van der Waals surface area (Å²) in [5.74, 6) is 0.339. The van der Waals surface area contributed by atoms with Gasteiger partial charge in [0.15, 0.2) is 0 Å². The van der Waals surface area contributed by atoms with Crippen LogP contribution in [0.25, 0.3) is 0 Å². The molecule has 2 aliphatic rings. The van der Waals surface area contributed by atoms with Crippen LogP contribution in [0.1, 0.15) is 12.8 Å². The van der Waals surface area contributed by atoms with E-state index in [2.05, 4.69) is 15.5 Å². The highest BCUT2D eigenvalue weighted by atomic mass is 16.3. The molecule has 16 heavy (non-hydrogen) atoms. The van der Waals surface area contributed by atoms with Crippen LogP contribution < -0.4 is 10.6 Å². The molecule has 0 bridgehead atoms. The second-order valence-corrected chi connectivity index (χ2v) is 4.72. The average Bonchev–Trinajstić information content (AvgIpc) is 3.11. The summed E-state index contributed by atoms with van der Waals surface area (Å²) in [5.41, 5.74) is 0. The normalized spacial score (nSPS) is 24.1. The molecule has 1 unspecified atom stereocenters. The van der Waals surface area contributed by atoms with Gasteiger partial charge in [-0.3, -0.25) is 9.69 Å². The molecule has 5 nitrogen and oxygen atoms in total. The molecule has 0 aromatic heterocycles. The summed E-state index contributed by atoms with van der Waals surface area (Å²) in [6.45, 7) is 4.98. The molecule has 1 heterocycles. The summed E-state index contributed by atoms with van der Waals surface area (Å²) in [6, 6.07) is 0. The first-order valence-electron chi connectivity index (χ1n) is 6.14. The lowest BCUT2D eigenvalue weighted by atomic mass is 10.2. The monoisotopic (exact) mass is 227 g/mol. The largest absolute Gasteiger partial charge is 0.390 e. The first kappa shape index (κ1) is 11.8. The van der Waals surface area contributed by atoms with Gasteiger partial charge in [-0.05, 0) is 12.8 Å². The zero-order valence-corrected chi connectivity index (χ0v) is 9.61. The maximum Gasteiger partial charge on any atom is 0.223 e. The number of hydrogen-bond acceptors (Lipinski definition) is 4. The lowest BCUT2D eigenvalue weighted by molar-refractivity contribution is -0.122. The van der Waals surface area contributed by atoms with Crippen LogP contribution in [0.3, 0.4) is 0 Å². The lowest BCUT2D eigenvalue weighted by Gasteiger charge is -2.29. The standard InChI is InChI=1S/C11H21N3O2/c15-10(7-13-11(16)9-1-2-9)8-14-5-3-12-4-6-14/h9-10,12,15H,1-8H2,(H,13,16). The first-order valence-corrected chi connectivity index (χ1v) is 6.14. The summed E-state index contributed by atoms with van der Waals surface area (Å²) in [6.07, 6.45) is 1.58. The molecule has 0 spiro atoms. The van der Waals surface area contributed by atoms with Crippen molar-refractivity contribution in [1.29, 1.82) is 0 Å². The van der Waals surface area contributed by atoms with Crippen molar-refractivity contribution in [3.05, 3.63) is 0 Å². The van der Waals surface area contributed by atoms with Gasteiger partial charge in [-0.15, -0.1) is 0 Å². The third-order valence-corrected chi connectivity index (χ3v) is 3.14. The molecule has 1 saturated carbocycles. The molecule has 1 atom stereocenters. The van der Waals surface area contributed by atoms with E-state index >= 15 is 0 Å². The van der Waals surface area contributed by atoms with Crippen LogP contribution in [0.5, 0.6) is 0 Å². The summed E-state index contributed by atoms with van der Waals surface area (Å²) in [4.78, 5) is 13.6. The van der Waals surface area contributed by atoms with Crippen molar-refractivity contribution in [3.8, 4) is 0 Å². The highest BCUT2D eigenvalue weighted by molar-refractivity contribution is 5.80. The van der Waals surface area contributed by atoms with Crippen LogP contribution in [0.2, 0.25) is 0 Å². The summed E-state index contributed by atoms with van der Waals surface area (Å²) >= 11 is 0. The van der Waals surface area contributed by atoms with Gasteiger partial charge in [0.1, 0.15) is 0 Å². The van der Waals surface area contributed by atoms with Crippen molar-refractivity contribution >= 4 is 5.91 Å². The summed E-state index contributed by atoms with van der Waals surface area (Å²) in [7, 11) is 0. The minimum atomic E-state index is -0.444. The Morgan fingerprint density at radius 3 is 2.75 bits per heavy atom. The number of carbonyl (C=O) groups is 1. The average molecular weight is 227 g/mol. The van der Waals surface area contributed by atoms with Crippen molar-refractivity contribution in [3.63, 3.8) is 0 Å². The van der Waals surface area contributed by atoms with Crippen LogP contribution in [-0.2, 0) is 4.79 Å². The van der Waals surface area contributed by atoms with E-state index < -0.39 is 6.10 Å². The number of nitrogens with zero attached hydrogens (tertiary/aromatic N) is 1. The summed E-state index contributed by atoms with van der Waals surface area (Å²) in [5, 5.41) is 15.8. The van der Waals surface area contributed by atoms with Gasteiger partial charge in [0.2, 0.25) is 5.91 Å². The van der Waals surface area contributed by atoms with E-state index in [-0.39, 0.29) is 11.8 Å². The lowest BCUT2D eigenvalue weighted by Crippen LogP contribution is -2.48. The number of rotatable bonds is 5. The Bertz CT molecular complexity index is 237. The molecule has 2 fully saturated rings. The van der Waals surface area contributed by atoms with Gasteiger partial charge < -0.3 is 15.7 Å². The zero-order valence-electron chi connectivity index (χ0n) is 9.61. The second-order valence-electron chi connectivity index (χ2n) is 4.72. The third kappa shape index (κ3) is 3.73. The maximum absolute atomic E-state index is 11.4. The number of piperazine rings is 1. The molecule has 0 radical (unpaired) electrons. The highest BCUT2D eigenvalue weighted by Crippen LogP contribution is 2.28. The van der Waals surface area contributed by atoms with Crippen LogP contribution in [0.4, 0.5) is 0 Å². The minimum absolute atomic E-state index is 0.111. The molecule has 92 valence electrons. The predicted molar refractivity (Wildman–Crippen MR) is 61.1 cm³/mol. The third-order valence-electron chi connectivity index (χ3n) is 3.14. The highest BCUT2D eigenvalue weighted by Gasteiger charge is 2.29. The van der Waals surface area contributed by atoms with Gasteiger partial charge in [-0.2, -0.15) is 0 Å². The van der Waals surface area contributed by atoms with E-state index in [9.17, 15) is 9.90 Å². The SMILES string of the molecule is O=C(NCC(O)CN1CCNCC1)C1CC1. The van der Waals surface area contributed by atoms with Crippen molar-refractivity contribution in [1.82, 2.24) is 15.5 Å². The van der Waals surface area contributed by atoms with Crippen LogP contribution in [-0.4, -0.2) is 61.3 Å². The topological polar surface area (TPSA) is 64.6 Å².